The number of hydrogen-bond donors (Lipinski definition) is 2. The summed E-state index contributed by atoms with van der Waals surface area (Å²) in [7, 11) is 3.65. The normalized spacial score (nSPS) is 12.0. The van der Waals surface area contributed by atoms with Gasteiger partial charge in [0.25, 0.3) is 0 Å². The molecule has 1 amide bonds. The Hall–Kier alpha value is -2.47. The molecule has 0 saturated heterocycles. The maximum atomic E-state index is 13.1. The van der Waals surface area contributed by atoms with E-state index >= 15 is 0 Å². The fourth-order valence-electron chi connectivity index (χ4n) is 2.48. The Morgan fingerprint density at radius 3 is 2.54 bits per heavy atom. The third-order valence-corrected chi connectivity index (χ3v) is 3.71. The summed E-state index contributed by atoms with van der Waals surface area (Å²) in [6.45, 7) is 3.08. The van der Waals surface area contributed by atoms with Crippen LogP contribution in [-0.4, -0.2) is 43.0 Å². The van der Waals surface area contributed by atoms with Crippen LogP contribution in [0.25, 0.3) is 0 Å². The molecule has 5 nitrogen and oxygen atoms in total. The highest BCUT2D eigenvalue weighted by Crippen LogP contribution is 2.18. The van der Waals surface area contributed by atoms with Gasteiger partial charge in [-0.15, -0.1) is 0 Å². The minimum Gasteiger partial charge on any atom is -0.383 e. The lowest BCUT2D eigenvalue weighted by Crippen LogP contribution is -2.39. The van der Waals surface area contributed by atoms with Gasteiger partial charge in [0.05, 0.1) is 0 Å². The molecular weight excluding hydrogens is 307 g/mol. The molecule has 128 valence electrons. The Labute approximate surface area is 141 Å². The summed E-state index contributed by atoms with van der Waals surface area (Å²) in [5.74, 6) is -0.423. The number of amides is 1. The van der Waals surface area contributed by atoms with Crippen molar-refractivity contribution in [3.05, 3.63) is 59.7 Å². The first-order chi connectivity index (χ1) is 11.5. The fraction of sp³-hybridized carbons (Fsp3) is 0.333. The molecule has 1 aromatic carbocycles. The predicted octanol–water partition coefficient (Wildman–Crippen LogP) is 2.36. The zero-order valence-electron chi connectivity index (χ0n) is 14.2. The molecule has 6 heteroatoms. The Bertz CT molecular complexity index is 673. The molecule has 0 aliphatic carbocycles. The largest absolute Gasteiger partial charge is 0.383 e. The van der Waals surface area contributed by atoms with Crippen LogP contribution in [-0.2, 0) is 4.79 Å². The second-order valence-corrected chi connectivity index (χ2v) is 5.83. The molecule has 2 N–H and O–H groups in total. The highest BCUT2D eigenvalue weighted by atomic mass is 19.1. The first-order valence-corrected chi connectivity index (χ1v) is 7.83. The molecule has 0 aliphatic heterocycles. The predicted molar refractivity (Wildman–Crippen MR) is 93.3 cm³/mol. The number of nitrogens with one attached hydrogen (secondary N) is 2. The van der Waals surface area contributed by atoms with Gasteiger partial charge in [-0.05, 0) is 50.3 Å². The molecular formula is C18H23FN4O. The Morgan fingerprint density at radius 1 is 1.21 bits per heavy atom. The summed E-state index contributed by atoms with van der Waals surface area (Å²) >= 11 is 0. The monoisotopic (exact) mass is 330 g/mol. The standard InChI is InChI=1S/C18H23FN4O/c1-13-12-20-9-8-16(13)21-10-11-22-18(24)17(23(2)3)14-4-6-15(19)7-5-14/h4-9,12,17H,10-11H2,1-3H3,(H,20,21)(H,22,24). The fourth-order valence-corrected chi connectivity index (χ4v) is 2.48. The van der Waals surface area contributed by atoms with Gasteiger partial charge in [0.1, 0.15) is 11.9 Å². The quantitative estimate of drug-likeness (QED) is 0.765. The Kier molecular flexibility index (Phi) is 6.26. The topological polar surface area (TPSA) is 57.3 Å². The first-order valence-electron chi connectivity index (χ1n) is 7.83. The van der Waals surface area contributed by atoms with Crippen LogP contribution in [0.5, 0.6) is 0 Å². The number of nitrogens with zero attached hydrogens (tertiary/aromatic N) is 2. The van der Waals surface area contributed by atoms with Crippen LogP contribution in [0.3, 0.4) is 0 Å². The van der Waals surface area contributed by atoms with E-state index in [1.165, 1.54) is 12.1 Å². The summed E-state index contributed by atoms with van der Waals surface area (Å²) in [5.41, 5.74) is 2.82. The van der Waals surface area contributed by atoms with Crippen molar-refractivity contribution in [3.63, 3.8) is 0 Å². The van der Waals surface area contributed by atoms with E-state index < -0.39 is 6.04 Å². The van der Waals surface area contributed by atoms with Crippen molar-refractivity contribution in [1.29, 1.82) is 0 Å². The van der Waals surface area contributed by atoms with Crippen LogP contribution in [0.15, 0.2) is 42.7 Å². The van der Waals surface area contributed by atoms with Crippen LogP contribution >= 0.6 is 0 Å². The maximum Gasteiger partial charge on any atom is 0.242 e. The highest BCUT2D eigenvalue weighted by Gasteiger charge is 2.22. The number of carbonyl (C=O) groups excluding carboxylic acids is 1. The molecule has 1 heterocycles. The molecule has 1 atom stereocenters. The van der Waals surface area contributed by atoms with Gasteiger partial charge in [0.2, 0.25) is 5.91 Å². The number of hydrogen-bond acceptors (Lipinski definition) is 4. The number of aromatic nitrogens is 1. The number of pyridine rings is 1. The van der Waals surface area contributed by atoms with Crippen molar-refractivity contribution in [3.8, 4) is 0 Å². The third kappa shape index (κ3) is 4.76. The van der Waals surface area contributed by atoms with E-state index in [2.05, 4.69) is 15.6 Å². The van der Waals surface area contributed by atoms with Crippen LogP contribution in [0.1, 0.15) is 17.2 Å². The molecule has 0 radical (unpaired) electrons. The van der Waals surface area contributed by atoms with E-state index in [9.17, 15) is 9.18 Å². The van der Waals surface area contributed by atoms with Gasteiger partial charge in [0.15, 0.2) is 0 Å². The van der Waals surface area contributed by atoms with Crippen molar-refractivity contribution in [2.45, 2.75) is 13.0 Å². The van der Waals surface area contributed by atoms with Gasteiger partial charge in [-0.1, -0.05) is 12.1 Å². The van der Waals surface area contributed by atoms with Gasteiger partial charge in [-0.3, -0.25) is 14.7 Å². The number of aryl methyl sites for hydroxylation is 1. The summed E-state index contributed by atoms with van der Waals surface area (Å²) < 4.78 is 13.1. The number of benzene rings is 1. The first kappa shape index (κ1) is 17.9. The van der Waals surface area contributed by atoms with Crippen LogP contribution in [0.4, 0.5) is 10.1 Å². The maximum absolute atomic E-state index is 13.1. The van der Waals surface area contributed by atoms with Crippen LogP contribution < -0.4 is 10.6 Å². The van der Waals surface area contributed by atoms with Crippen LogP contribution in [0, 0.1) is 12.7 Å². The lowest BCUT2D eigenvalue weighted by molar-refractivity contribution is -0.125. The number of likely N-dealkylation sites (N-methyl/N-ethyl adjacent to an activating group) is 1. The molecule has 24 heavy (non-hydrogen) atoms. The van der Waals surface area contributed by atoms with Crippen LogP contribution in [0.2, 0.25) is 0 Å². The van der Waals surface area contributed by atoms with E-state index in [0.717, 1.165) is 16.8 Å². The molecule has 2 aromatic rings. The van der Waals surface area contributed by atoms with Gasteiger partial charge < -0.3 is 10.6 Å². The smallest absolute Gasteiger partial charge is 0.242 e. The number of carbonyl (C=O) groups is 1. The lowest BCUT2D eigenvalue weighted by Gasteiger charge is -2.24. The highest BCUT2D eigenvalue weighted by molar-refractivity contribution is 5.83. The van der Waals surface area contributed by atoms with E-state index in [1.54, 1.807) is 24.5 Å². The van der Waals surface area contributed by atoms with Gasteiger partial charge >= 0.3 is 0 Å². The molecule has 0 aliphatic rings. The minimum atomic E-state index is -0.451. The second-order valence-electron chi connectivity index (χ2n) is 5.83. The zero-order chi connectivity index (χ0) is 17.5. The average Bonchev–Trinajstić information content (AvgIpc) is 2.55. The molecule has 0 spiro atoms. The van der Waals surface area contributed by atoms with E-state index in [4.69, 9.17) is 0 Å². The summed E-state index contributed by atoms with van der Waals surface area (Å²) in [6.07, 6.45) is 3.52. The zero-order valence-corrected chi connectivity index (χ0v) is 14.2. The molecule has 2 rings (SSSR count). The van der Waals surface area contributed by atoms with Crippen molar-refractivity contribution < 1.29 is 9.18 Å². The summed E-state index contributed by atoms with van der Waals surface area (Å²) in [4.78, 5) is 18.3. The van der Waals surface area contributed by atoms with Crippen molar-refractivity contribution in [2.24, 2.45) is 0 Å². The minimum absolute atomic E-state index is 0.111. The van der Waals surface area contributed by atoms with Gasteiger partial charge in [-0.25, -0.2) is 4.39 Å². The summed E-state index contributed by atoms with van der Waals surface area (Å²) in [6, 6.07) is 7.46. The van der Waals surface area contributed by atoms with E-state index in [-0.39, 0.29) is 11.7 Å². The number of rotatable bonds is 7. The van der Waals surface area contributed by atoms with E-state index in [1.807, 2.05) is 32.0 Å². The van der Waals surface area contributed by atoms with Crippen molar-refractivity contribution >= 4 is 11.6 Å². The molecule has 0 fully saturated rings. The molecule has 1 aromatic heterocycles. The van der Waals surface area contributed by atoms with Crippen molar-refractivity contribution in [2.75, 3.05) is 32.5 Å². The molecule has 0 bridgehead atoms. The number of anilines is 1. The average molecular weight is 330 g/mol. The number of halogens is 1. The lowest BCUT2D eigenvalue weighted by atomic mass is 10.1. The third-order valence-electron chi connectivity index (χ3n) is 3.71. The van der Waals surface area contributed by atoms with Gasteiger partial charge in [-0.2, -0.15) is 0 Å². The molecule has 1 unspecified atom stereocenters. The Morgan fingerprint density at radius 2 is 1.92 bits per heavy atom. The van der Waals surface area contributed by atoms with Gasteiger partial charge in [0, 0.05) is 31.2 Å². The Balaban J connectivity index is 1.89. The second kappa shape index (κ2) is 8.40. The van der Waals surface area contributed by atoms with Crippen molar-refractivity contribution in [1.82, 2.24) is 15.2 Å². The SMILES string of the molecule is Cc1cnccc1NCCNC(=O)C(c1ccc(F)cc1)N(C)C. The molecule has 0 saturated carbocycles. The van der Waals surface area contributed by atoms with E-state index in [0.29, 0.717) is 13.1 Å². The summed E-state index contributed by atoms with van der Waals surface area (Å²) in [5, 5.41) is 6.18.